The Hall–Kier alpha value is -0.160. The summed E-state index contributed by atoms with van der Waals surface area (Å²) >= 11 is 0. The minimum absolute atomic E-state index is 0.0352. The van der Waals surface area contributed by atoms with Crippen LogP contribution in [0.5, 0.6) is 0 Å². The summed E-state index contributed by atoms with van der Waals surface area (Å²) in [6, 6.07) is 0. The lowest BCUT2D eigenvalue weighted by molar-refractivity contribution is -0.273. The topological polar surface area (TPSA) is 47.9 Å². The lowest BCUT2D eigenvalue weighted by atomic mass is 9.44. The average molecular weight is 447 g/mol. The fourth-order valence-electron chi connectivity index (χ4n) is 10.5. The number of aliphatic hydroxyl groups excluding tert-OH is 1. The predicted molar refractivity (Wildman–Crippen MR) is 124 cm³/mol. The maximum atomic E-state index is 10.9. The molecule has 1 N–H and O–H groups in total. The quantitative estimate of drug-likeness (QED) is 0.584. The second kappa shape index (κ2) is 7.42. The molecule has 6 aliphatic rings. The largest absolute Gasteiger partial charge is 0.390 e. The monoisotopic (exact) mass is 446 g/mol. The molecule has 0 bridgehead atoms. The summed E-state index contributed by atoms with van der Waals surface area (Å²) in [5.41, 5.74) is 0.652. The van der Waals surface area contributed by atoms with E-state index < -0.39 is 0 Å². The van der Waals surface area contributed by atoms with Crippen LogP contribution < -0.4 is 0 Å². The van der Waals surface area contributed by atoms with Crippen molar-refractivity contribution in [1.29, 1.82) is 0 Å². The molecular weight excluding hydrogens is 400 g/mol. The van der Waals surface area contributed by atoms with Gasteiger partial charge in [-0.05, 0) is 97.7 Å². The third kappa shape index (κ3) is 2.88. The first-order chi connectivity index (χ1) is 15.2. The second-order valence-corrected chi connectivity index (χ2v) is 13.5. The van der Waals surface area contributed by atoms with Gasteiger partial charge in [-0.3, -0.25) is 0 Å². The molecule has 182 valence electrons. The summed E-state index contributed by atoms with van der Waals surface area (Å²) in [5.74, 6) is 4.52. The van der Waals surface area contributed by atoms with Crippen LogP contribution in [0, 0.1) is 52.3 Å². The highest BCUT2D eigenvalue weighted by Gasteiger charge is 2.69. The van der Waals surface area contributed by atoms with Gasteiger partial charge in [-0.25, -0.2) is 0 Å². The molecule has 0 aromatic carbocycles. The van der Waals surface area contributed by atoms with Gasteiger partial charge in [-0.15, -0.1) is 0 Å². The molecule has 0 unspecified atom stereocenters. The lowest BCUT2D eigenvalue weighted by Gasteiger charge is -2.62. The van der Waals surface area contributed by atoms with Crippen molar-refractivity contribution in [2.24, 2.45) is 52.3 Å². The smallest absolute Gasteiger partial charge is 0.171 e. The first-order valence-electron chi connectivity index (χ1n) is 13.7. The minimum Gasteiger partial charge on any atom is -0.390 e. The van der Waals surface area contributed by atoms with Crippen molar-refractivity contribution in [2.45, 2.75) is 110 Å². The van der Waals surface area contributed by atoms with Gasteiger partial charge < -0.3 is 19.3 Å². The predicted octanol–water partition coefficient (Wildman–Crippen LogP) is 5.42. The third-order valence-electron chi connectivity index (χ3n) is 12.2. The molecule has 0 aromatic heterocycles. The standard InChI is InChI=1S/C28H46O4/c1-16-8-11-28(31-15-16)17(2)25-24(32-28)13-21-19-7-6-18-12-23(30-5)22(29)14-27(18,4)20(19)9-10-26(21,25)3/h16-25,29H,6-15H2,1-5H3/t16-,17+,18-,19+,20-,21-,22+,23+,24+,25+,26+,27+,28-/m1/s1. The van der Waals surface area contributed by atoms with E-state index in [1.807, 2.05) is 0 Å². The summed E-state index contributed by atoms with van der Waals surface area (Å²) in [4.78, 5) is 0. The molecule has 6 fully saturated rings. The van der Waals surface area contributed by atoms with Gasteiger partial charge in [0.2, 0.25) is 0 Å². The van der Waals surface area contributed by atoms with Crippen molar-refractivity contribution in [3.8, 4) is 0 Å². The normalized spacial score (nSPS) is 61.7. The van der Waals surface area contributed by atoms with Gasteiger partial charge in [0.05, 0.1) is 24.9 Å². The molecule has 32 heavy (non-hydrogen) atoms. The van der Waals surface area contributed by atoms with E-state index in [4.69, 9.17) is 14.2 Å². The fourth-order valence-corrected chi connectivity index (χ4v) is 10.5. The SMILES string of the molecule is CO[C@H]1C[C@H]2CC[C@H]3[C@@H](CC[C@]4(C)[C@@H]5[C@H](C[C@H]34)O[C@]3(CC[C@@H](C)CO3)[C@H]5C)[C@@]2(C)C[C@@H]1O. The van der Waals surface area contributed by atoms with E-state index in [-0.39, 0.29) is 23.4 Å². The van der Waals surface area contributed by atoms with Crippen LogP contribution in [0.15, 0.2) is 0 Å². The van der Waals surface area contributed by atoms with Gasteiger partial charge in [0.15, 0.2) is 5.79 Å². The zero-order valence-electron chi connectivity index (χ0n) is 21.0. The Morgan fingerprint density at radius 2 is 1.75 bits per heavy atom. The Kier molecular flexibility index (Phi) is 5.17. The Labute approximate surface area is 195 Å². The number of fused-ring (bicyclic) bond motifs is 7. The summed E-state index contributed by atoms with van der Waals surface area (Å²) in [5, 5.41) is 10.9. The lowest BCUT2D eigenvalue weighted by Crippen LogP contribution is -2.57. The molecule has 4 nitrogen and oxygen atoms in total. The van der Waals surface area contributed by atoms with Gasteiger partial charge in [-0.2, -0.15) is 0 Å². The summed E-state index contributed by atoms with van der Waals surface area (Å²) in [6.45, 7) is 10.8. The van der Waals surface area contributed by atoms with Crippen LogP contribution in [-0.4, -0.2) is 42.9 Å². The van der Waals surface area contributed by atoms with Gasteiger partial charge >= 0.3 is 0 Å². The third-order valence-corrected chi connectivity index (χ3v) is 12.2. The Morgan fingerprint density at radius 3 is 2.47 bits per heavy atom. The van der Waals surface area contributed by atoms with Crippen LogP contribution in [0.4, 0.5) is 0 Å². The highest BCUT2D eigenvalue weighted by molar-refractivity contribution is 5.15. The minimum atomic E-state index is -0.307. The van der Waals surface area contributed by atoms with E-state index >= 15 is 0 Å². The number of ether oxygens (including phenoxy) is 3. The first kappa shape index (κ1) is 22.3. The van der Waals surface area contributed by atoms with Crippen molar-refractivity contribution in [2.75, 3.05) is 13.7 Å². The van der Waals surface area contributed by atoms with E-state index in [1.54, 1.807) is 7.11 Å². The van der Waals surface area contributed by atoms with Crippen LogP contribution >= 0.6 is 0 Å². The number of hydrogen-bond acceptors (Lipinski definition) is 4. The molecule has 1 spiro atoms. The van der Waals surface area contributed by atoms with Crippen molar-refractivity contribution in [1.82, 2.24) is 0 Å². The molecule has 0 amide bonds. The van der Waals surface area contributed by atoms with Crippen molar-refractivity contribution in [3.05, 3.63) is 0 Å². The van der Waals surface area contributed by atoms with E-state index in [0.29, 0.717) is 35.2 Å². The Balaban J connectivity index is 1.25. The van der Waals surface area contributed by atoms with Gasteiger partial charge in [0.1, 0.15) is 0 Å². The maximum Gasteiger partial charge on any atom is 0.171 e. The van der Waals surface area contributed by atoms with E-state index in [1.165, 1.54) is 38.5 Å². The molecule has 2 heterocycles. The van der Waals surface area contributed by atoms with Crippen molar-refractivity contribution in [3.63, 3.8) is 0 Å². The second-order valence-electron chi connectivity index (χ2n) is 13.5. The highest BCUT2D eigenvalue weighted by atomic mass is 16.7. The number of hydrogen-bond donors (Lipinski definition) is 1. The molecule has 2 saturated heterocycles. The summed E-state index contributed by atoms with van der Waals surface area (Å²) in [6.07, 6.45) is 11.0. The zero-order chi connectivity index (χ0) is 22.5. The number of aliphatic hydroxyl groups is 1. The van der Waals surface area contributed by atoms with Crippen molar-refractivity contribution < 1.29 is 19.3 Å². The van der Waals surface area contributed by atoms with E-state index in [9.17, 15) is 5.11 Å². The molecule has 0 aromatic rings. The van der Waals surface area contributed by atoms with Crippen molar-refractivity contribution >= 4 is 0 Å². The zero-order valence-corrected chi connectivity index (χ0v) is 21.0. The Morgan fingerprint density at radius 1 is 0.938 bits per heavy atom. The summed E-state index contributed by atoms with van der Waals surface area (Å²) in [7, 11) is 1.77. The van der Waals surface area contributed by atoms with Gasteiger partial charge in [0, 0.05) is 19.4 Å². The highest BCUT2D eigenvalue weighted by Crippen LogP contribution is 2.71. The van der Waals surface area contributed by atoms with E-state index in [0.717, 1.165) is 43.6 Å². The van der Waals surface area contributed by atoms with Crippen LogP contribution in [0.3, 0.4) is 0 Å². The summed E-state index contributed by atoms with van der Waals surface area (Å²) < 4.78 is 19.0. The molecule has 4 saturated carbocycles. The first-order valence-corrected chi connectivity index (χ1v) is 13.7. The molecule has 2 aliphatic heterocycles. The van der Waals surface area contributed by atoms with Crippen LogP contribution in [0.2, 0.25) is 0 Å². The van der Waals surface area contributed by atoms with Crippen LogP contribution in [-0.2, 0) is 14.2 Å². The molecule has 0 radical (unpaired) electrons. The van der Waals surface area contributed by atoms with E-state index in [2.05, 4.69) is 27.7 Å². The Bertz CT molecular complexity index is 731. The fraction of sp³-hybridized carbons (Fsp3) is 1.00. The molecule has 4 heteroatoms. The number of rotatable bonds is 1. The number of methoxy groups -OCH3 is 1. The molecule has 13 atom stereocenters. The maximum absolute atomic E-state index is 10.9. The van der Waals surface area contributed by atoms with Crippen LogP contribution in [0.1, 0.15) is 85.5 Å². The van der Waals surface area contributed by atoms with Gasteiger partial charge in [0.25, 0.3) is 0 Å². The molecule has 6 rings (SSSR count). The molecular formula is C28H46O4. The van der Waals surface area contributed by atoms with Crippen LogP contribution in [0.25, 0.3) is 0 Å². The molecule has 4 aliphatic carbocycles. The average Bonchev–Trinajstić information content (AvgIpc) is 3.20. The van der Waals surface area contributed by atoms with Gasteiger partial charge in [-0.1, -0.05) is 27.7 Å².